The summed E-state index contributed by atoms with van der Waals surface area (Å²) >= 11 is 0. The normalized spacial score (nSPS) is 25.8. The predicted octanol–water partition coefficient (Wildman–Crippen LogP) is 2.34. The second-order valence-electron chi connectivity index (χ2n) is 7.86. The number of benzene rings is 1. The zero-order valence-electron chi connectivity index (χ0n) is 16.7. The largest absolute Gasteiger partial charge is 0.379 e. The fraction of sp³-hybridized carbons (Fsp3) is 0.700. The molecule has 0 bridgehead atoms. The Balaban J connectivity index is 1.82. The number of hydrogen-bond acceptors (Lipinski definition) is 5. The van der Waals surface area contributed by atoms with Crippen LogP contribution in [0.5, 0.6) is 0 Å². The molecule has 2 aliphatic heterocycles. The molecule has 2 heterocycles. The third kappa shape index (κ3) is 4.38. The van der Waals surface area contributed by atoms with Gasteiger partial charge in [-0.15, -0.1) is 0 Å². The molecule has 6 nitrogen and oxygen atoms in total. The first-order valence-electron chi connectivity index (χ1n) is 9.82. The highest BCUT2D eigenvalue weighted by Gasteiger charge is 2.38. The van der Waals surface area contributed by atoms with E-state index in [1.807, 2.05) is 12.1 Å². The molecule has 1 atom stereocenters. The fourth-order valence-corrected chi connectivity index (χ4v) is 5.82. The molecule has 2 saturated heterocycles. The molecule has 3 rings (SSSR count). The molecule has 0 aromatic heterocycles. The van der Waals surface area contributed by atoms with E-state index in [1.54, 1.807) is 23.5 Å². The maximum Gasteiger partial charge on any atom is 0.243 e. The molecule has 0 spiro atoms. The summed E-state index contributed by atoms with van der Waals surface area (Å²) in [5.41, 5.74) is 0.704. The van der Waals surface area contributed by atoms with Crippen LogP contribution in [0.3, 0.4) is 0 Å². The average Bonchev–Trinajstić information content (AvgIpc) is 2.69. The Morgan fingerprint density at radius 1 is 1.19 bits per heavy atom. The van der Waals surface area contributed by atoms with Gasteiger partial charge in [0.05, 0.1) is 23.7 Å². The SMILES string of the molecule is COC1(C(C)C)CCCN(Cc2ccccc2S(=O)(=O)N2CCOCC2)C1. The number of ether oxygens (including phenoxy) is 2. The van der Waals surface area contributed by atoms with Gasteiger partial charge in [0.1, 0.15) is 0 Å². The van der Waals surface area contributed by atoms with Crippen LogP contribution in [-0.4, -0.2) is 69.7 Å². The summed E-state index contributed by atoms with van der Waals surface area (Å²) in [7, 11) is -1.71. The molecular weight excluding hydrogens is 364 g/mol. The Morgan fingerprint density at radius 3 is 2.56 bits per heavy atom. The molecular formula is C20H32N2O4S. The van der Waals surface area contributed by atoms with Crippen LogP contribution in [0.1, 0.15) is 32.3 Å². The summed E-state index contributed by atoms with van der Waals surface area (Å²) in [6.07, 6.45) is 2.11. The van der Waals surface area contributed by atoms with Crippen molar-refractivity contribution < 1.29 is 17.9 Å². The van der Waals surface area contributed by atoms with E-state index < -0.39 is 10.0 Å². The van der Waals surface area contributed by atoms with Crippen molar-refractivity contribution in [2.45, 2.75) is 43.7 Å². The number of sulfonamides is 1. The number of methoxy groups -OCH3 is 1. The van der Waals surface area contributed by atoms with Crippen molar-refractivity contribution in [2.24, 2.45) is 5.92 Å². The molecule has 0 aliphatic carbocycles. The lowest BCUT2D eigenvalue weighted by atomic mass is 9.82. The summed E-state index contributed by atoms with van der Waals surface area (Å²) in [6, 6.07) is 7.39. The van der Waals surface area contributed by atoms with Gasteiger partial charge in [0.2, 0.25) is 10.0 Å². The second kappa shape index (κ2) is 8.57. The lowest BCUT2D eigenvalue weighted by molar-refractivity contribution is -0.0968. The van der Waals surface area contributed by atoms with Gasteiger partial charge in [-0.25, -0.2) is 8.42 Å². The number of piperidine rings is 1. The van der Waals surface area contributed by atoms with Crippen molar-refractivity contribution in [1.29, 1.82) is 0 Å². The zero-order valence-corrected chi connectivity index (χ0v) is 17.5. The van der Waals surface area contributed by atoms with E-state index in [1.165, 1.54) is 0 Å². The lowest BCUT2D eigenvalue weighted by Crippen LogP contribution is -2.52. The van der Waals surface area contributed by atoms with Crippen molar-refractivity contribution in [3.8, 4) is 0 Å². The Morgan fingerprint density at radius 2 is 1.89 bits per heavy atom. The van der Waals surface area contributed by atoms with E-state index in [0.717, 1.165) is 31.5 Å². The van der Waals surface area contributed by atoms with E-state index in [9.17, 15) is 8.42 Å². The maximum atomic E-state index is 13.2. The molecule has 2 aliphatic rings. The molecule has 0 saturated carbocycles. The van der Waals surface area contributed by atoms with Crippen molar-refractivity contribution in [3.63, 3.8) is 0 Å². The van der Waals surface area contributed by atoms with Gasteiger partial charge in [0.15, 0.2) is 0 Å². The van der Waals surface area contributed by atoms with Gasteiger partial charge in [-0.3, -0.25) is 4.90 Å². The van der Waals surface area contributed by atoms with Gasteiger partial charge in [-0.05, 0) is 36.9 Å². The minimum absolute atomic E-state index is 0.156. The van der Waals surface area contributed by atoms with Crippen molar-refractivity contribution in [2.75, 3.05) is 46.5 Å². The Bertz CT molecular complexity index is 731. The third-order valence-electron chi connectivity index (χ3n) is 5.98. The van der Waals surface area contributed by atoms with E-state index in [4.69, 9.17) is 9.47 Å². The smallest absolute Gasteiger partial charge is 0.243 e. The maximum absolute atomic E-state index is 13.2. The van der Waals surface area contributed by atoms with Crippen molar-refractivity contribution in [3.05, 3.63) is 29.8 Å². The van der Waals surface area contributed by atoms with Crippen molar-refractivity contribution >= 4 is 10.0 Å². The van der Waals surface area contributed by atoms with Gasteiger partial charge < -0.3 is 9.47 Å². The Hall–Kier alpha value is -0.990. The van der Waals surface area contributed by atoms with Crippen LogP contribution in [0.4, 0.5) is 0 Å². The zero-order chi connectivity index (χ0) is 19.5. The molecule has 0 N–H and O–H groups in total. The van der Waals surface area contributed by atoms with Crippen LogP contribution in [0.25, 0.3) is 0 Å². The first-order valence-corrected chi connectivity index (χ1v) is 11.3. The molecule has 1 unspecified atom stereocenters. The van der Waals surface area contributed by atoms with Gasteiger partial charge in [-0.2, -0.15) is 4.31 Å². The van der Waals surface area contributed by atoms with Gasteiger partial charge >= 0.3 is 0 Å². The van der Waals surface area contributed by atoms with Gasteiger partial charge in [0, 0.05) is 33.3 Å². The van der Waals surface area contributed by atoms with Crippen LogP contribution in [0, 0.1) is 5.92 Å². The average molecular weight is 397 g/mol. The molecule has 1 aromatic carbocycles. The molecule has 2 fully saturated rings. The topological polar surface area (TPSA) is 59.1 Å². The molecule has 0 radical (unpaired) electrons. The first-order chi connectivity index (χ1) is 12.9. The summed E-state index contributed by atoms with van der Waals surface area (Å²) < 4.78 is 39.1. The van der Waals surface area contributed by atoms with E-state index >= 15 is 0 Å². The molecule has 27 heavy (non-hydrogen) atoms. The Labute approximate surface area is 163 Å². The Kier molecular flexibility index (Phi) is 6.58. The lowest BCUT2D eigenvalue weighted by Gasteiger charge is -2.44. The number of likely N-dealkylation sites (tertiary alicyclic amines) is 1. The molecule has 1 aromatic rings. The fourth-order valence-electron chi connectivity index (χ4n) is 4.20. The number of hydrogen-bond donors (Lipinski definition) is 0. The minimum Gasteiger partial charge on any atom is -0.379 e. The second-order valence-corrected chi connectivity index (χ2v) is 9.77. The standard InChI is InChI=1S/C20H32N2O4S/c1-17(2)20(25-3)9-6-10-21(16-20)15-18-7-4-5-8-19(18)27(23,24)22-11-13-26-14-12-22/h4-5,7-8,17H,6,9-16H2,1-3H3. The van der Waals surface area contributed by atoms with Crippen LogP contribution < -0.4 is 0 Å². The summed E-state index contributed by atoms with van der Waals surface area (Å²) in [4.78, 5) is 2.76. The monoisotopic (exact) mass is 396 g/mol. The van der Waals surface area contributed by atoms with E-state index in [-0.39, 0.29) is 5.60 Å². The highest BCUT2D eigenvalue weighted by atomic mass is 32.2. The van der Waals surface area contributed by atoms with Crippen LogP contribution in [-0.2, 0) is 26.0 Å². The minimum atomic E-state index is -3.50. The number of morpholine rings is 1. The van der Waals surface area contributed by atoms with Crippen LogP contribution in [0.15, 0.2) is 29.2 Å². The van der Waals surface area contributed by atoms with Crippen LogP contribution >= 0.6 is 0 Å². The third-order valence-corrected chi connectivity index (χ3v) is 7.98. The summed E-state index contributed by atoms with van der Waals surface area (Å²) in [5, 5.41) is 0. The molecule has 152 valence electrons. The van der Waals surface area contributed by atoms with Gasteiger partial charge in [0.25, 0.3) is 0 Å². The van der Waals surface area contributed by atoms with Crippen LogP contribution in [0.2, 0.25) is 0 Å². The predicted molar refractivity (Wildman–Crippen MR) is 105 cm³/mol. The summed E-state index contributed by atoms with van der Waals surface area (Å²) in [6.45, 7) is 8.56. The van der Waals surface area contributed by atoms with Crippen molar-refractivity contribution in [1.82, 2.24) is 9.21 Å². The number of nitrogens with zero attached hydrogens (tertiary/aromatic N) is 2. The highest BCUT2D eigenvalue weighted by Crippen LogP contribution is 2.33. The van der Waals surface area contributed by atoms with Gasteiger partial charge in [-0.1, -0.05) is 32.0 Å². The number of rotatable bonds is 6. The van der Waals surface area contributed by atoms with E-state index in [0.29, 0.717) is 43.7 Å². The highest BCUT2D eigenvalue weighted by molar-refractivity contribution is 7.89. The molecule has 7 heteroatoms. The first kappa shape index (κ1) is 20.7. The van der Waals surface area contributed by atoms with E-state index in [2.05, 4.69) is 18.7 Å². The summed E-state index contributed by atoms with van der Waals surface area (Å²) in [5.74, 6) is 0.414. The quantitative estimate of drug-likeness (QED) is 0.739. The molecule has 0 amide bonds.